The summed E-state index contributed by atoms with van der Waals surface area (Å²) in [5.41, 5.74) is 0. The van der Waals surface area contributed by atoms with Crippen molar-refractivity contribution in [1.29, 1.82) is 0 Å². The SMILES string of the molecule is COc1ccc(OP2NPN(Oc3ccccc3)P(Oc3ccccc3)N2Oc2ccccc2)c(Oc2ccccc2)c1Oc1ccccc1. The number of para-hydroxylation sites is 5. The molecule has 0 aromatic heterocycles. The number of benzene rings is 6. The molecule has 1 N–H and O–H groups in total. The third-order valence-electron chi connectivity index (χ3n) is 6.86. The molecule has 10 nitrogen and oxygen atoms in total. The van der Waals surface area contributed by atoms with Crippen molar-refractivity contribution in [2.75, 3.05) is 7.11 Å². The van der Waals surface area contributed by atoms with Gasteiger partial charge in [0.25, 0.3) is 8.45 Å². The van der Waals surface area contributed by atoms with Crippen molar-refractivity contribution in [3.8, 4) is 51.7 Å². The topological polar surface area (TPSA) is 83.1 Å². The van der Waals surface area contributed by atoms with Gasteiger partial charge in [-0.3, -0.25) is 0 Å². The summed E-state index contributed by atoms with van der Waals surface area (Å²) in [7, 11) is -2.06. The normalized spacial score (nSPS) is 16.7. The maximum Gasteiger partial charge on any atom is 0.332 e. The molecule has 13 heteroatoms. The van der Waals surface area contributed by atoms with Crippen molar-refractivity contribution in [3.63, 3.8) is 0 Å². The molecule has 252 valence electrons. The van der Waals surface area contributed by atoms with Crippen LogP contribution in [0.4, 0.5) is 0 Å². The Bertz CT molecular complexity index is 1940. The summed E-state index contributed by atoms with van der Waals surface area (Å²) < 4.78 is 35.6. The molecule has 50 heavy (non-hydrogen) atoms. The summed E-state index contributed by atoms with van der Waals surface area (Å²) in [6.07, 6.45) is 0. The number of hydrogen-bond acceptors (Lipinski definition) is 10. The van der Waals surface area contributed by atoms with Crippen LogP contribution < -0.4 is 37.8 Å². The average molecular weight is 724 g/mol. The van der Waals surface area contributed by atoms with E-state index in [1.807, 2.05) is 152 Å². The molecule has 0 radical (unpaired) electrons. The first-order valence-corrected chi connectivity index (χ1v) is 18.8. The van der Waals surface area contributed by atoms with Gasteiger partial charge in [0.15, 0.2) is 11.5 Å². The van der Waals surface area contributed by atoms with E-state index in [4.69, 9.17) is 32.9 Å². The van der Waals surface area contributed by atoms with Crippen molar-refractivity contribution in [2.45, 2.75) is 0 Å². The Morgan fingerprint density at radius 3 is 1.44 bits per heavy atom. The molecule has 7 rings (SSSR count). The fourth-order valence-corrected chi connectivity index (χ4v) is 10.1. The van der Waals surface area contributed by atoms with E-state index in [2.05, 4.69) is 4.86 Å². The third kappa shape index (κ3) is 8.44. The molecule has 1 fully saturated rings. The molecule has 6 aromatic carbocycles. The van der Waals surface area contributed by atoms with Crippen LogP contribution in [0, 0.1) is 0 Å². The van der Waals surface area contributed by atoms with Crippen LogP contribution in [0.15, 0.2) is 164 Å². The lowest BCUT2D eigenvalue weighted by atomic mass is 10.2. The van der Waals surface area contributed by atoms with E-state index in [0.29, 0.717) is 51.7 Å². The highest BCUT2D eigenvalue weighted by Gasteiger charge is 2.46. The highest BCUT2D eigenvalue weighted by atomic mass is 31.3. The Kier molecular flexibility index (Phi) is 11.2. The molecule has 1 aliphatic rings. The number of nitrogens with zero attached hydrogens (tertiary/aromatic N) is 2. The molecular formula is C37H32N3O7P3. The largest absolute Gasteiger partial charge is 0.493 e. The maximum absolute atomic E-state index is 6.84. The first-order chi connectivity index (χ1) is 24.7. The summed E-state index contributed by atoms with van der Waals surface area (Å²) in [5.74, 6) is 4.59. The Morgan fingerprint density at radius 2 is 0.920 bits per heavy atom. The van der Waals surface area contributed by atoms with Gasteiger partial charge >= 0.3 is 8.45 Å². The summed E-state index contributed by atoms with van der Waals surface area (Å²) >= 11 is 0. The van der Waals surface area contributed by atoms with Gasteiger partial charge in [-0.05, 0) is 77.4 Å². The van der Waals surface area contributed by atoms with Gasteiger partial charge in [0.05, 0.1) is 16.0 Å². The van der Waals surface area contributed by atoms with Gasteiger partial charge < -0.3 is 32.9 Å². The van der Waals surface area contributed by atoms with E-state index < -0.39 is 16.9 Å². The minimum atomic E-state index is -1.79. The fourth-order valence-electron chi connectivity index (χ4n) is 4.56. The fraction of sp³-hybridized carbons (Fsp3) is 0.0270. The van der Waals surface area contributed by atoms with E-state index in [-0.39, 0.29) is 8.88 Å². The summed E-state index contributed by atoms with van der Waals surface area (Å²) in [6, 6.07) is 51.0. The molecule has 0 saturated carbocycles. The lowest BCUT2D eigenvalue weighted by Gasteiger charge is -2.41. The molecule has 0 aliphatic carbocycles. The average Bonchev–Trinajstić information content (AvgIpc) is 3.17. The third-order valence-corrected chi connectivity index (χ3v) is 12.0. The molecule has 3 atom stereocenters. The zero-order valence-electron chi connectivity index (χ0n) is 26.7. The summed E-state index contributed by atoms with van der Waals surface area (Å²) in [4.78, 5) is 16.5. The highest BCUT2D eigenvalue weighted by molar-refractivity contribution is 7.74. The van der Waals surface area contributed by atoms with Crippen molar-refractivity contribution < 1.29 is 32.9 Å². The quantitative estimate of drug-likeness (QED) is 0.116. The molecule has 0 bridgehead atoms. The second kappa shape index (κ2) is 16.7. The van der Waals surface area contributed by atoms with Crippen LogP contribution in [0.1, 0.15) is 0 Å². The Morgan fingerprint density at radius 1 is 0.480 bits per heavy atom. The van der Waals surface area contributed by atoms with Gasteiger partial charge in [-0.2, -0.15) is 0 Å². The lowest BCUT2D eigenvalue weighted by molar-refractivity contribution is 0.0675. The predicted octanol–water partition coefficient (Wildman–Crippen LogP) is 10.9. The summed E-state index contributed by atoms with van der Waals surface area (Å²) in [6.45, 7) is 0. The standard InChI is InChI=1S/C37H32N3O7P3/c1-41-34-27-28-35(37(43-30-19-9-3-10-20-30)36(34)42-29-17-7-2-8-18-29)47-49-38-48-39(44-31-21-11-4-12-22-31)50(46-33-25-15-6-16-26-33)40(49)45-32-23-13-5-14-24-32/h2-28,38,48H,1H3. The number of rotatable bonds is 13. The molecular weight excluding hydrogens is 691 g/mol. The maximum atomic E-state index is 6.84. The first kappa shape index (κ1) is 33.6. The monoisotopic (exact) mass is 723 g/mol. The van der Waals surface area contributed by atoms with Gasteiger partial charge in [0.2, 0.25) is 11.5 Å². The minimum Gasteiger partial charge on any atom is -0.493 e. The van der Waals surface area contributed by atoms with Crippen LogP contribution in [0.5, 0.6) is 51.7 Å². The van der Waals surface area contributed by atoms with Gasteiger partial charge in [-0.1, -0.05) is 91.0 Å². The summed E-state index contributed by atoms with van der Waals surface area (Å²) in [5, 5.41) is 0. The van der Waals surface area contributed by atoms with E-state index >= 15 is 0 Å². The molecule has 0 spiro atoms. The van der Waals surface area contributed by atoms with Crippen LogP contribution in [0.2, 0.25) is 0 Å². The van der Waals surface area contributed by atoms with E-state index in [0.717, 1.165) is 0 Å². The lowest BCUT2D eigenvalue weighted by Crippen LogP contribution is -2.37. The van der Waals surface area contributed by atoms with Crippen molar-refractivity contribution >= 4 is 25.8 Å². The molecule has 3 unspecified atom stereocenters. The van der Waals surface area contributed by atoms with Crippen LogP contribution in [0.25, 0.3) is 0 Å². The van der Waals surface area contributed by atoms with Crippen LogP contribution in [-0.4, -0.2) is 16.3 Å². The van der Waals surface area contributed by atoms with Gasteiger partial charge in [-0.25, -0.2) is 4.86 Å². The van der Waals surface area contributed by atoms with Crippen LogP contribution >= 0.6 is 25.8 Å². The smallest absolute Gasteiger partial charge is 0.332 e. The first-order valence-electron chi connectivity index (χ1n) is 15.5. The molecule has 1 aliphatic heterocycles. The zero-order chi connectivity index (χ0) is 34.0. The van der Waals surface area contributed by atoms with Crippen molar-refractivity contribution in [1.82, 2.24) is 14.1 Å². The van der Waals surface area contributed by atoms with E-state index in [9.17, 15) is 0 Å². The Hall–Kier alpha value is -4.91. The van der Waals surface area contributed by atoms with Gasteiger partial charge in [0, 0.05) is 4.60 Å². The molecule has 0 amide bonds. The number of ether oxygens (including phenoxy) is 3. The van der Waals surface area contributed by atoms with E-state index in [1.54, 1.807) is 28.5 Å². The zero-order valence-corrected chi connectivity index (χ0v) is 29.5. The van der Waals surface area contributed by atoms with Crippen LogP contribution in [-0.2, 0) is 0 Å². The predicted molar refractivity (Wildman–Crippen MR) is 197 cm³/mol. The van der Waals surface area contributed by atoms with Gasteiger partial charge in [0.1, 0.15) is 28.7 Å². The Balaban J connectivity index is 1.29. The van der Waals surface area contributed by atoms with E-state index in [1.165, 1.54) is 0 Å². The molecule has 6 aromatic rings. The number of methoxy groups -OCH3 is 1. The second-order valence-corrected chi connectivity index (χ2v) is 15.1. The van der Waals surface area contributed by atoms with Crippen LogP contribution in [0.3, 0.4) is 0 Å². The second-order valence-electron chi connectivity index (χ2n) is 10.3. The molecule has 1 saturated heterocycles. The number of hydrogen-bond donors (Lipinski definition) is 1. The number of nitrogens with one attached hydrogen (secondary N) is 1. The minimum absolute atomic E-state index is 0.0776. The van der Waals surface area contributed by atoms with Crippen molar-refractivity contribution in [3.05, 3.63) is 164 Å². The van der Waals surface area contributed by atoms with Gasteiger partial charge in [-0.15, -0.1) is 0 Å². The highest BCUT2D eigenvalue weighted by Crippen LogP contribution is 2.66. The Labute approximate surface area is 294 Å². The van der Waals surface area contributed by atoms with Crippen molar-refractivity contribution in [2.24, 2.45) is 0 Å². The molecule has 1 heterocycles.